The van der Waals surface area contributed by atoms with Crippen molar-refractivity contribution >= 4 is 9.84 Å². The Hall–Kier alpha value is -0.880. The Bertz CT molecular complexity index is 480. The lowest BCUT2D eigenvalue weighted by Crippen LogP contribution is -2.38. The minimum absolute atomic E-state index is 0.0465. The molecule has 1 atom stereocenters. The van der Waals surface area contributed by atoms with E-state index in [0.717, 1.165) is 24.4 Å². The van der Waals surface area contributed by atoms with Crippen LogP contribution in [0, 0.1) is 6.92 Å². The average Bonchev–Trinajstić information content (AvgIpc) is 2.52. The van der Waals surface area contributed by atoms with Gasteiger partial charge in [-0.25, -0.2) is 8.42 Å². The summed E-state index contributed by atoms with van der Waals surface area (Å²) in [5.74, 6) is 0.164. The normalized spacial score (nSPS) is 13.8. The number of rotatable bonds is 7. The molecule has 1 rings (SSSR count). The number of sulfone groups is 1. The van der Waals surface area contributed by atoms with Gasteiger partial charge < -0.3 is 5.32 Å². The van der Waals surface area contributed by atoms with Crippen LogP contribution in [0.3, 0.4) is 0 Å². The van der Waals surface area contributed by atoms with Crippen molar-refractivity contribution in [3.05, 3.63) is 17.5 Å². The van der Waals surface area contributed by atoms with Crippen molar-refractivity contribution in [3.63, 3.8) is 0 Å². The Kier molecular flexibility index (Phi) is 5.34. The summed E-state index contributed by atoms with van der Waals surface area (Å²) in [6, 6.07) is 1.96. The fourth-order valence-corrected chi connectivity index (χ4v) is 2.98. The van der Waals surface area contributed by atoms with Gasteiger partial charge in [0, 0.05) is 31.5 Å². The van der Waals surface area contributed by atoms with Crippen LogP contribution >= 0.6 is 0 Å². The van der Waals surface area contributed by atoms with Crippen LogP contribution in [0.4, 0.5) is 0 Å². The van der Waals surface area contributed by atoms with E-state index < -0.39 is 9.84 Å². The number of hydrogen-bond acceptors (Lipinski definition) is 4. The molecule has 6 heteroatoms. The molecule has 1 aromatic rings. The summed E-state index contributed by atoms with van der Waals surface area (Å²) in [7, 11) is -1.08. The third-order valence-electron chi connectivity index (χ3n) is 2.74. The van der Waals surface area contributed by atoms with Gasteiger partial charge in [-0.05, 0) is 26.0 Å². The highest BCUT2D eigenvalue weighted by molar-refractivity contribution is 7.90. The summed E-state index contributed by atoms with van der Waals surface area (Å²) < 4.78 is 24.7. The molecular weight excluding hydrogens is 250 g/mol. The zero-order chi connectivity index (χ0) is 13.8. The maximum Gasteiger partial charge on any atom is 0.148 e. The minimum Gasteiger partial charge on any atom is -0.313 e. The molecule has 1 N–H and O–H groups in total. The van der Waals surface area contributed by atoms with E-state index in [2.05, 4.69) is 17.3 Å². The second-order valence-corrected chi connectivity index (χ2v) is 7.03. The molecule has 1 unspecified atom stereocenters. The van der Waals surface area contributed by atoms with Gasteiger partial charge in [-0.3, -0.25) is 4.68 Å². The van der Waals surface area contributed by atoms with Crippen LogP contribution in [0.1, 0.15) is 24.7 Å². The van der Waals surface area contributed by atoms with Gasteiger partial charge in [0.05, 0.1) is 11.4 Å². The van der Waals surface area contributed by atoms with Gasteiger partial charge >= 0.3 is 0 Å². The summed E-state index contributed by atoms with van der Waals surface area (Å²) in [6.07, 6.45) is 2.96. The molecule has 0 aromatic carbocycles. The van der Waals surface area contributed by atoms with Crippen LogP contribution in [0.2, 0.25) is 0 Å². The van der Waals surface area contributed by atoms with E-state index in [0.29, 0.717) is 6.42 Å². The van der Waals surface area contributed by atoms with E-state index in [1.165, 1.54) is 6.26 Å². The van der Waals surface area contributed by atoms with Crippen molar-refractivity contribution < 1.29 is 8.42 Å². The van der Waals surface area contributed by atoms with Crippen LogP contribution in [0.5, 0.6) is 0 Å². The van der Waals surface area contributed by atoms with Gasteiger partial charge in [-0.1, -0.05) is 6.92 Å². The quantitative estimate of drug-likeness (QED) is 0.793. The first-order valence-corrected chi connectivity index (χ1v) is 8.28. The first kappa shape index (κ1) is 15.2. The predicted molar refractivity (Wildman–Crippen MR) is 73.4 cm³/mol. The van der Waals surface area contributed by atoms with E-state index in [-0.39, 0.29) is 11.8 Å². The maximum atomic E-state index is 11.4. The van der Waals surface area contributed by atoms with Crippen LogP contribution in [-0.4, -0.2) is 42.8 Å². The highest BCUT2D eigenvalue weighted by Crippen LogP contribution is 2.07. The molecule has 0 saturated heterocycles. The smallest absolute Gasteiger partial charge is 0.148 e. The first-order chi connectivity index (χ1) is 8.31. The van der Waals surface area contributed by atoms with Gasteiger partial charge in [-0.15, -0.1) is 0 Å². The van der Waals surface area contributed by atoms with E-state index in [1.54, 1.807) is 0 Å². The number of aryl methyl sites for hydroxylation is 2. The first-order valence-electron chi connectivity index (χ1n) is 6.22. The van der Waals surface area contributed by atoms with Crippen molar-refractivity contribution in [2.24, 2.45) is 7.05 Å². The molecule has 5 nitrogen and oxygen atoms in total. The Morgan fingerprint density at radius 1 is 1.50 bits per heavy atom. The highest BCUT2D eigenvalue weighted by Gasteiger charge is 2.17. The lowest BCUT2D eigenvalue weighted by molar-refractivity contribution is 0.516. The zero-order valence-electron chi connectivity index (χ0n) is 11.6. The molecule has 1 aromatic heterocycles. The molecule has 104 valence electrons. The Labute approximate surface area is 109 Å². The van der Waals surface area contributed by atoms with Crippen molar-refractivity contribution in [2.45, 2.75) is 32.7 Å². The monoisotopic (exact) mass is 273 g/mol. The predicted octanol–water partition coefficient (Wildman–Crippen LogP) is 0.684. The van der Waals surface area contributed by atoms with Crippen molar-refractivity contribution in [2.75, 3.05) is 18.6 Å². The van der Waals surface area contributed by atoms with E-state index in [4.69, 9.17) is 0 Å². The third kappa shape index (κ3) is 5.18. The lowest BCUT2D eigenvalue weighted by atomic mass is 10.1. The SMILES string of the molecule is CCCNC(Cc1cc(C)nn1C)CS(C)(=O)=O. The van der Waals surface area contributed by atoms with Gasteiger partial charge in [0.25, 0.3) is 0 Å². The van der Waals surface area contributed by atoms with Crippen molar-refractivity contribution in [3.8, 4) is 0 Å². The summed E-state index contributed by atoms with van der Waals surface area (Å²) in [5.41, 5.74) is 2.02. The van der Waals surface area contributed by atoms with Crippen LogP contribution in [0.15, 0.2) is 6.07 Å². The minimum atomic E-state index is -2.97. The summed E-state index contributed by atoms with van der Waals surface area (Å²) in [4.78, 5) is 0. The molecule has 0 aliphatic heterocycles. The molecule has 1 heterocycles. The third-order valence-corrected chi connectivity index (χ3v) is 3.75. The van der Waals surface area contributed by atoms with E-state index in [9.17, 15) is 8.42 Å². The second kappa shape index (κ2) is 6.33. The number of hydrogen-bond donors (Lipinski definition) is 1. The van der Waals surface area contributed by atoms with Gasteiger partial charge in [0.1, 0.15) is 9.84 Å². The Morgan fingerprint density at radius 2 is 2.17 bits per heavy atom. The number of nitrogens with one attached hydrogen (secondary N) is 1. The molecule has 18 heavy (non-hydrogen) atoms. The zero-order valence-corrected chi connectivity index (χ0v) is 12.4. The standard InChI is InChI=1S/C12H23N3O2S/c1-5-6-13-11(9-18(4,16)17)8-12-7-10(2)14-15(12)3/h7,11,13H,5-6,8-9H2,1-4H3. The van der Waals surface area contributed by atoms with Crippen LogP contribution < -0.4 is 5.32 Å². The molecule has 0 saturated carbocycles. The van der Waals surface area contributed by atoms with Crippen molar-refractivity contribution in [1.29, 1.82) is 0 Å². The highest BCUT2D eigenvalue weighted by atomic mass is 32.2. The van der Waals surface area contributed by atoms with Gasteiger partial charge in [0.2, 0.25) is 0 Å². The van der Waals surface area contributed by atoms with E-state index in [1.807, 2.05) is 24.7 Å². The molecule has 0 bridgehead atoms. The molecule has 0 aliphatic carbocycles. The second-order valence-electron chi connectivity index (χ2n) is 4.85. The summed E-state index contributed by atoms with van der Waals surface area (Å²) in [5, 5.41) is 7.57. The molecule has 0 aliphatic rings. The van der Waals surface area contributed by atoms with Gasteiger partial charge in [0.15, 0.2) is 0 Å². The fourth-order valence-electron chi connectivity index (χ4n) is 2.01. The Balaban J connectivity index is 2.74. The fraction of sp³-hybridized carbons (Fsp3) is 0.750. The molecular formula is C12H23N3O2S. The molecule has 0 spiro atoms. The number of nitrogens with zero attached hydrogens (tertiary/aromatic N) is 2. The molecule has 0 fully saturated rings. The Morgan fingerprint density at radius 3 is 2.61 bits per heavy atom. The summed E-state index contributed by atoms with van der Waals surface area (Å²) >= 11 is 0. The molecule has 0 radical (unpaired) electrons. The van der Waals surface area contributed by atoms with Crippen LogP contribution in [-0.2, 0) is 23.3 Å². The lowest BCUT2D eigenvalue weighted by Gasteiger charge is -2.17. The average molecular weight is 273 g/mol. The van der Waals surface area contributed by atoms with E-state index >= 15 is 0 Å². The largest absolute Gasteiger partial charge is 0.313 e. The topological polar surface area (TPSA) is 64.0 Å². The van der Waals surface area contributed by atoms with Gasteiger partial charge in [-0.2, -0.15) is 5.10 Å². The van der Waals surface area contributed by atoms with Crippen LogP contribution in [0.25, 0.3) is 0 Å². The maximum absolute atomic E-state index is 11.4. The molecule has 0 amide bonds. The summed E-state index contributed by atoms with van der Waals surface area (Å²) in [6.45, 7) is 4.84. The number of aromatic nitrogens is 2. The van der Waals surface area contributed by atoms with Crippen molar-refractivity contribution in [1.82, 2.24) is 15.1 Å².